The number of benzene rings is 2. The third-order valence-corrected chi connectivity index (χ3v) is 4.74. The summed E-state index contributed by atoms with van der Waals surface area (Å²) < 4.78 is 40.3. The van der Waals surface area contributed by atoms with Crippen molar-refractivity contribution in [2.24, 2.45) is 0 Å². The lowest BCUT2D eigenvalue weighted by molar-refractivity contribution is -0.137. The number of hydrogen-bond acceptors (Lipinski definition) is 1. The van der Waals surface area contributed by atoms with Gasteiger partial charge in [-0.25, -0.2) is 0 Å². The second kappa shape index (κ2) is 7.59. The van der Waals surface area contributed by atoms with E-state index in [9.17, 15) is 18.0 Å². The van der Waals surface area contributed by atoms with Gasteiger partial charge < -0.3 is 0 Å². The van der Waals surface area contributed by atoms with E-state index in [2.05, 4.69) is 6.92 Å². The van der Waals surface area contributed by atoms with E-state index in [1.807, 2.05) is 25.1 Å². The SMILES string of the molecule is CCCc1c(CCC)n(-c2ccc(C(F)(F)F)cc2)c(=O)c2ccccc12. The molecule has 0 bridgehead atoms. The van der Waals surface area contributed by atoms with Crippen LogP contribution >= 0.6 is 0 Å². The van der Waals surface area contributed by atoms with Gasteiger partial charge in [0.05, 0.1) is 5.56 Å². The fourth-order valence-corrected chi connectivity index (χ4v) is 3.57. The van der Waals surface area contributed by atoms with E-state index in [4.69, 9.17) is 0 Å². The maximum atomic E-state index is 13.2. The average molecular weight is 373 g/mol. The zero-order valence-corrected chi connectivity index (χ0v) is 15.4. The van der Waals surface area contributed by atoms with Crippen LogP contribution in [0.1, 0.15) is 43.5 Å². The summed E-state index contributed by atoms with van der Waals surface area (Å²) in [6, 6.07) is 12.3. The van der Waals surface area contributed by atoms with E-state index in [0.29, 0.717) is 17.5 Å². The van der Waals surface area contributed by atoms with Crippen LogP contribution in [-0.2, 0) is 19.0 Å². The lowest BCUT2D eigenvalue weighted by Crippen LogP contribution is -2.24. The van der Waals surface area contributed by atoms with Gasteiger partial charge >= 0.3 is 6.18 Å². The molecule has 0 aliphatic rings. The Bertz CT molecular complexity index is 1000. The van der Waals surface area contributed by atoms with Crippen LogP contribution in [0, 0.1) is 0 Å². The largest absolute Gasteiger partial charge is 0.416 e. The number of hydrogen-bond donors (Lipinski definition) is 0. The number of aromatic nitrogens is 1. The van der Waals surface area contributed by atoms with Gasteiger partial charge in [0.1, 0.15) is 0 Å². The molecule has 1 aromatic heterocycles. The van der Waals surface area contributed by atoms with Crippen molar-refractivity contribution in [2.75, 3.05) is 0 Å². The summed E-state index contributed by atoms with van der Waals surface area (Å²) in [5.41, 5.74) is 1.57. The Morgan fingerprint density at radius 1 is 0.852 bits per heavy atom. The molecule has 0 saturated carbocycles. The highest BCUT2D eigenvalue weighted by molar-refractivity contribution is 5.86. The lowest BCUT2D eigenvalue weighted by atomic mass is 9.97. The molecule has 3 rings (SSSR count). The molecule has 0 fully saturated rings. The minimum absolute atomic E-state index is 0.186. The maximum absolute atomic E-state index is 13.2. The van der Waals surface area contributed by atoms with Crippen molar-refractivity contribution in [2.45, 2.75) is 45.7 Å². The number of nitrogens with zero attached hydrogens (tertiary/aromatic N) is 1. The molecule has 3 aromatic rings. The molecule has 142 valence electrons. The first-order valence-electron chi connectivity index (χ1n) is 9.21. The number of halogens is 3. The van der Waals surface area contributed by atoms with E-state index >= 15 is 0 Å². The Balaban J connectivity index is 2.32. The minimum atomic E-state index is -4.40. The molecule has 0 aliphatic carbocycles. The summed E-state index contributed by atoms with van der Waals surface area (Å²) >= 11 is 0. The standard InChI is InChI=1S/C22H22F3NO/c1-3-7-18-17-9-5-6-10-19(17)21(27)26(20(18)8-4-2)16-13-11-15(12-14-16)22(23,24)25/h5-6,9-14H,3-4,7-8H2,1-2H3. The Labute approximate surface area is 156 Å². The average Bonchev–Trinajstić information content (AvgIpc) is 2.65. The molecule has 1 heterocycles. The lowest BCUT2D eigenvalue weighted by Gasteiger charge is -2.20. The maximum Gasteiger partial charge on any atom is 0.416 e. The first-order valence-corrected chi connectivity index (χ1v) is 9.21. The van der Waals surface area contributed by atoms with E-state index in [1.165, 1.54) is 12.1 Å². The molecular formula is C22H22F3NO. The number of pyridine rings is 1. The Morgan fingerprint density at radius 2 is 1.44 bits per heavy atom. The Kier molecular flexibility index (Phi) is 5.40. The molecule has 0 atom stereocenters. The summed E-state index contributed by atoms with van der Waals surface area (Å²) in [7, 11) is 0. The van der Waals surface area contributed by atoms with Crippen LogP contribution in [0.4, 0.5) is 13.2 Å². The van der Waals surface area contributed by atoms with Crippen LogP contribution in [0.2, 0.25) is 0 Å². The Morgan fingerprint density at radius 3 is 2.00 bits per heavy atom. The zero-order chi connectivity index (χ0) is 19.6. The van der Waals surface area contributed by atoms with Gasteiger partial charge in [0.15, 0.2) is 0 Å². The first-order chi connectivity index (χ1) is 12.9. The number of rotatable bonds is 5. The quantitative estimate of drug-likeness (QED) is 0.544. The van der Waals surface area contributed by atoms with Crippen LogP contribution in [0.25, 0.3) is 16.5 Å². The van der Waals surface area contributed by atoms with E-state index in [0.717, 1.165) is 48.0 Å². The van der Waals surface area contributed by atoms with Gasteiger partial charge in [0.2, 0.25) is 0 Å². The van der Waals surface area contributed by atoms with Crippen LogP contribution in [0.15, 0.2) is 53.3 Å². The van der Waals surface area contributed by atoms with Crippen LogP contribution in [-0.4, -0.2) is 4.57 Å². The molecule has 0 spiro atoms. The van der Waals surface area contributed by atoms with Gasteiger partial charge in [-0.15, -0.1) is 0 Å². The predicted molar refractivity (Wildman–Crippen MR) is 103 cm³/mol. The predicted octanol–water partition coefficient (Wildman–Crippen LogP) is 5.91. The molecule has 27 heavy (non-hydrogen) atoms. The molecule has 0 unspecified atom stereocenters. The summed E-state index contributed by atoms with van der Waals surface area (Å²) in [6.07, 6.45) is -1.12. The van der Waals surface area contributed by atoms with Crippen molar-refractivity contribution < 1.29 is 13.2 Å². The Hall–Kier alpha value is -2.56. The van der Waals surface area contributed by atoms with Gasteiger partial charge in [-0.05, 0) is 54.1 Å². The van der Waals surface area contributed by atoms with Crippen LogP contribution < -0.4 is 5.56 Å². The molecule has 0 radical (unpaired) electrons. The van der Waals surface area contributed by atoms with E-state index < -0.39 is 11.7 Å². The van der Waals surface area contributed by atoms with Crippen molar-refractivity contribution in [3.05, 3.63) is 75.7 Å². The molecule has 2 nitrogen and oxygen atoms in total. The normalized spacial score (nSPS) is 11.9. The molecule has 0 aliphatic heterocycles. The molecule has 2 aromatic carbocycles. The fourth-order valence-electron chi connectivity index (χ4n) is 3.57. The number of aryl methyl sites for hydroxylation is 1. The third-order valence-electron chi connectivity index (χ3n) is 4.74. The molecule has 5 heteroatoms. The highest BCUT2D eigenvalue weighted by Crippen LogP contribution is 2.30. The molecular weight excluding hydrogens is 351 g/mol. The zero-order valence-electron chi connectivity index (χ0n) is 15.4. The summed E-state index contributed by atoms with van der Waals surface area (Å²) in [4.78, 5) is 13.2. The second-order valence-corrected chi connectivity index (χ2v) is 6.66. The van der Waals surface area contributed by atoms with Crippen LogP contribution in [0.3, 0.4) is 0 Å². The molecule has 0 saturated heterocycles. The summed E-state index contributed by atoms with van der Waals surface area (Å²) in [5.74, 6) is 0. The summed E-state index contributed by atoms with van der Waals surface area (Å²) in [6.45, 7) is 4.12. The molecule has 0 amide bonds. The van der Waals surface area contributed by atoms with Crippen molar-refractivity contribution in [3.63, 3.8) is 0 Å². The third kappa shape index (κ3) is 3.64. The monoisotopic (exact) mass is 373 g/mol. The van der Waals surface area contributed by atoms with Crippen molar-refractivity contribution in [3.8, 4) is 5.69 Å². The summed E-state index contributed by atoms with van der Waals surface area (Å²) in [5, 5.41) is 1.54. The second-order valence-electron chi connectivity index (χ2n) is 6.66. The molecule has 0 N–H and O–H groups in total. The van der Waals surface area contributed by atoms with E-state index in [-0.39, 0.29) is 5.56 Å². The van der Waals surface area contributed by atoms with Crippen molar-refractivity contribution in [1.29, 1.82) is 0 Å². The minimum Gasteiger partial charge on any atom is -0.280 e. The number of alkyl halides is 3. The topological polar surface area (TPSA) is 22.0 Å². The first kappa shape index (κ1) is 19.2. The smallest absolute Gasteiger partial charge is 0.280 e. The fraction of sp³-hybridized carbons (Fsp3) is 0.318. The highest BCUT2D eigenvalue weighted by Gasteiger charge is 2.30. The van der Waals surface area contributed by atoms with Gasteiger partial charge in [-0.2, -0.15) is 13.2 Å². The van der Waals surface area contributed by atoms with E-state index in [1.54, 1.807) is 10.6 Å². The van der Waals surface area contributed by atoms with Gasteiger partial charge in [-0.3, -0.25) is 9.36 Å². The van der Waals surface area contributed by atoms with Gasteiger partial charge in [-0.1, -0.05) is 44.9 Å². The van der Waals surface area contributed by atoms with Gasteiger partial charge in [0, 0.05) is 16.8 Å². The van der Waals surface area contributed by atoms with Crippen molar-refractivity contribution in [1.82, 2.24) is 4.57 Å². The van der Waals surface area contributed by atoms with Crippen molar-refractivity contribution >= 4 is 10.8 Å². The van der Waals surface area contributed by atoms with Crippen LogP contribution in [0.5, 0.6) is 0 Å². The number of fused-ring (bicyclic) bond motifs is 1. The van der Waals surface area contributed by atoms with Gasteiger partial charge in [0.25, 0.3) is 5.56 Å². The highest BCUT2D eigenvalue weighted by atomic mass is 19.4.